The molecule has 2 heterocycles. The average molecular weight is 236 g/mol. The second-order valence-corrected chi connectivity index (χ2v) is 4.38. The highest BCUT2D eigenvalue weighted by molar-refractivity contribution is 5.48. The van der Waals surface area contributed by atoms with Gasteiger partial charge in [0, 0.05) is 6.04 Å². The summed E-state index contributed by atoms with van der Waals surface area (Å²) in [6.07, 6.45) is 5.06. The standard InChI is InChI=1S/C12H20N4O/c1-9-11(14-8-15-12(9)17-2)16-10-4-3-6-13-7-5-10/h8,10,13H,3-7H2,1-2H3,(H,14,15,16). The van der Waals surface area contributed by atoms with Crippen LogP contribution in [0, 0.1) is 6.92 Å². The van der Waals surface area contributed by atoms with E-state index in [-0.39, 0.29) is 0 Å². The van der Waals surface area contributed by atoms with Gasteiger partial charge in [0.1, 0.15) is 12.1 Å². The SMILES string of the molecule is COc1ncnc(NC2CCCNCC2)c1C. The summed E-state index contributed by atoms with van der Waals surface area (Å²) in [5.74, 6) is 1.54. The summed E-state index contributed by atoms with van der Waals surface area (Å²) in [6.45, 7) is 4.17. The van der Waals surface area contributed by atoms with Gasteiger partial charge in [-0.05, 0) is 39.3 Å². The van der Waals surface area contributed by atoms with Crippen LogP contribution in [0.25, 0.3) is 0 Å². The van der Waals surface area contributed by atoms with E-state index in [9.17, 15) is 0 Å². The molecule has 0 amide bonds. The summed E-state index contributed by atoms with van der Waals surface area (Å²) in [5, 5.41) is 6.90. The van der Waals surface area contributed by atoms with Gasteiger partial charge in [-0.15, -0.1) is 0 Å². The Kier molecular flexibility index (Phi) is 4.14. The second kappa shape index (κ2) is 5.82. The summed E-state index contributed by atoms with van der Waals surface area (Å²) in [6, 6.07) is 0.489. The first-order valence-electron chi connectivity index (χ1n) is 6.14. The third-order valence-electron chi connectivity index (χ3n) is 3.15. The molecule has 94 valence electrons. The summed E-state index contributed by atoms with van der Waals surface area (Å²) in [4.78, 5) is 8.37. The predicted octanol–water partition coefficient (Wildman–Crippen LogP) is 1.35. The smallest absolute Gasteiger partial charge is 0.221 e. The monoisotopic (exact) mass is 236 g/mol. The molecule has 2 rings (SSSR count). The molecule has 1 saturated heterocycles. The van der Waals surface area contributed by atoms with E-state index in [1.165, 1.54) is 12.8 Å². The lowest BCUT2D eigenvalue weighted by molar-refractivity contribution is 0.393. The molecule has 1 aromatic heterocycles. The summed E-state index contributed by atoms with van der Waals surface area (Å²) in [5.41, 5.74) is 0.979. The summed E-state index contributed by atoms with van der Waals surface area (Å²) >= 11 is 0. The van der Waals surface area contributed by atoms with E-state index < -0.39 is 0 Å². The Labute approximate surface area is 102 Å². The average Bonchev–Trinajstić information content (AvgIpc) is 2.60. The first-order chi connectivity index (χ1) is 8.31. The van der Waals surface area contributed by atoms with Crippen LogP contribution in [0.3, 0.4) is 0 Å². The van der Waals surface area contributed by atoms with Gasteiger partial charge in [-0.1, -0.05) is 0 Å². The van der Waals surface area contributed by atoms with Gasteiger partial charge in [0.15, 0.2) is 0 Å². The van der Waals surface area contributed by atoms with Crippen LogP contribution in [0.5, 0.6) is 5.88 Å². The minimum Gasteiger partial charge on any atom is -0.481 e. The number of ether oxygens (including phenoxy) is 1. The topological polar surface area (TPSA) is 59.1 Å². The Morgan fingerprint density at radius 3 is 3.06 bits per heavy atom. The molecule has 0 bridgehead atoms. The van der Waals surface area contributed by atoms with Crippen LogP contribution in [0.4, 0.5) is 5.82 Å². The maximum atomic E-state index is 5.20. The molecule has 2 N–H and O–H groups in total. The van der Waals surface area contributed by atoms with Crippen molar-refractivity contribution < 1.29 is 4.74 Å². The molecule has 0 radical (unpaired) electrons. The van der Waals surface area contributed by atoms with Gasteiger partial charge < -0.3 is 15.4 Å². The van der Waals surface area contributed by atoms with Crippen molar-refractivity contribution in [2.45, 2.75) is 32.2 Å². The van der Waals surface area contributed by atoms with Crippen molar-refractivity contribution in [3.8, 4) is 5.88 Å². The van der Waals surface area contributed by atoms with Crippen molar-refractivity contribution in [1.82, 2.24) is 15.3 Å². The number of nitrogens with one attached hydrogen (secondary N) is 2. The molecule has 5 heteroatoms. The van der Waals surface area contributed by atoms with Crippen molar-refractivity contribution in [3.63, 3.8) is 0 Å². The minimum absolute atomic E-state index is 0.489. The highest BCUT2D eigenvalue weighted by Crippen LogP contribution is 2.22. The molecule has 1 aliphatic rings. The van der Waals surface area contributed by atoms with Gasteiger partial charge in [0.2, 0.25) is 5.88 Å². The molecule has 1 atom stereocenters. The first-order valence-corrected chi connectivity index (χ1v) is 6.14. The Bertz CT molecular complexity index is 362. The number of aromatic nitrogens is 2. The molecule has 1 fully saturated rings. The Morgan fingerprint density at radius 1 is 1.35 bits per heavy atom. The van der Waals surface area contributed by atoms with Crippen molar-refractivity contribution in [3.05, 3.63) is 11.9 Å². The lowest BCUT2D eigenvalue weighted by atomic mass is 10.1. The van der Waals surface area contributed by atoms with Crippen LogP contribution >= 0.6 is 0 Å². The normalized spacial score (nSPS) is 20.7. The van der Waals surface area contributed by atoms with E-state index in [2.05, 4.69) is 20.6 Å². The molecule has 1 aliphatic heterocycles. The third kappa shape index (κ3) is 3.06. The van der Waals surface area contributed by atoms with Crippen LogP contribution < -0.4 is 15.4 Å². The molecule has 0 aliphatic carbocycles. The molecule has 5 nitrogen and oxygen atoms in total. The molecule has 0 aromatic carbocycles. The summed E-state index contributed by atoms with van der Waals surface area (Å²) in [7, 11) is 1.63. The Balaban J connectivity index is 2.06. The van der Waals surface area contributed by atoms with Gasteiger partial charge in [-0.25, -0.2) is 9.97 Å². The van der Waals surface area contributed by atoms with Gasteiger partial charge in [-0.2, -0.15) is 0 Å². The zero-order valence-electron chi connectivity index (χ0n) is 10.5. The van der Waals surface area contributed by atoms with Crippen molar-refractivity contribution in [2.24, 2.45) is 0 Å². The molecule has 0 spiro atoms. The van der Waals surface area contributed by atoms with Crippen molar-refractivity contribution in [1.29, 1.82) is 0 Å². The fourth-order valence-electron chi connectivity index (χ4n) is 2.14. The lowest BCUT2D eigenvalue weighted by Crippen LogP contribution is -2.22. The van der Waals surface area contributed by atoms with Crippen LogP contribution in [0.2, 0.25) is 0 Å². The summed E-state index contributed by atoms with van der Waals surface area (Å²) < 4.78 is 5.20. The van der Waals surface area contributed by atoms with Gasteiger partial charge in [0.05, 0.1) is 12.7 Å². The fraction of sp³-hybridized carbons (Fsp3) is 0.667. The second-order valence-electron chi connectivity index (χ2n) is 4.38. The molecular formula is C12H20N4O. The molecule has 17 heavy (non-hydrogen) atoms. The van der Waals surface area contributed by atoms with E-state index in [4.69, 9.17) is 4.74 Å². The van der Waals surface area contributed by atoms with E-state index in [0.29, 0.717) is 11.9 Å². The Hall–Kier alpha value is -1.36. The van der Waals surface area contributed by atoms with Gasteiger partial charge >= 0.3 is 0 Å². The zero-order valence-corrected chi connectivity index (χ0v) is 10.5. The molecule has 1 aromatic rings. The van der Waals surface area contributed by atoms with Gasteiger partial charge in [-0.3, -0.25) is 0 Å². The Morgan fingerprint density at radius 2 is 2.24 bits per heavy atom. The third-order valence-corrected chi connectivity index (χ3v) is 3.15. The quantitative estimate of drug-likeness (QED) is 0.829. The van der Waals surface area contributed by atoms with E-state index in [1.807, 2.05) is 6.92 Å². The van der Waals surface area contributed by atoms with E-state index in [0.717, 1.165) is 30.9 Å². The zero-order chi connectivity index (χ0) is 12.1. The maximum absolute atomic E-state index is 5.20. The number of hydrogen-bond acceptors (Lipinski definition) is 5. The van der Waals surface area contributed by atoms with Crippen LogP contribution in [0.1, 0.15) is 24.8 Å². The minimum atomic E-state index is 0.489. The number of hydrogen-bond donors (Lipinski definition) is 2. The van der Waals surface area contributed by atoms with E-state index >= 15 is 0 Å². The van der Waals surface area contributed by atoms with Crippen LogP contribution in [-0.2, 0) is 0 Å². The predicted molar refractivity (Wildman–Crippen MR) is 67.5 cm³/mol. The largest absolute Gasteiger partial charge is 0.481 e. The molecule has 0 saturated carbocycles. The number of anilines is 1. The van der Waals surface area contributed by atoms with E-state index in [1.54, 1.807) is 13.4 Å². The molecule has 1 unspecified atom stereocenters. The van der Waals surface area contributed by atoms with Crippen molar-refractivity contribution >= 4 is 5.82 Å². The number of nitrogens with zero attached hydrogens (tertiary/aromatic N) is 2. The maximum Gasteiger partial charge on any atom is 0.221 e. The van der Waals surface area contributed by atoms with Crippen molar-refractivity contribution in [2.75, 3.05) is 25.5 Å². The highest BCUT2D eigenvalue weighted by Gasteiger charge is 2.14. The van der Waals surface area contributed by atoms with Crippen LogP contribution in [-0.4, -0.2) is 36.2 Å². The number of rotatable bonds is 3. The first kappa shape index (κ1) is 12.1. The molecular weight excluding hydrogens is 216 g/mol. The lowest BCUT2D eigenvalue weighted by Gasteiger charge is -2.18. The number of methoxy groups -OCH3 is 1. The van der Waals surface area contributed by atoms with Crippen LogP contribution in [0.15, 0.2) is 6.33 Å². The fourth-order valence-corrected chi connectivity index (χ4v) is 2.14. The highest BCUT2D eigenvalue weighted by atomic mass is 16.5. The van der Waals surface area contributed by atoms with Gasteiger partial charge in [0.25, 0.3) is 0 Å².